The average molecular weight is 846 g/mol. The van der Waals surface area contributed by atoms with Gasteiger partial charge in [-0.25, -0.2) is 0 Å². The highest BCUT2D eigenvalue weighted by Gasteiger charge is 2.11. The average Bonchev–Trinajstić information content (AvgIpc) is 3.29. The van der Waals surface area contributed by atoms with E-state index in [1.165, 1.54) is 328 Å². The second-order valence-corrected chi connectivity index (χ2v) is 20.5. The van der Waals surface area contributed by atoms with Gasteiger partial charge in [0, 0.05) is 0 Å². The van der Waals surface area contributed by atoms with Crippen LogP contribution in [0.2, 0.25) is 0 Å². The molecule has 0 aromatic carbocycles. The molecule has 1 saturated heterocycles. The summed E-state index contributed by atoms with van der Waals surface area (Å²) in [4.78, 5) is 2.66. The molecule has 2 aliphatic carbocycles. The molecule has 2 saturated carbocycles. The molecule has 0 aromatic rings. The van der Waals surface area contributed by atoms with Crippen LogP contribution in [0.25, 0.3) is 0 Å². The van der Waals surface area contributed by atoms with Gasteiger partial charge in [-0.1, -0.05) is 276 Å². The van der Waals surface area contributed by atoms with Crippen molar-refractivity contribution in [3.8, 4) is 0 Å². The first-order valence-electron chi connectivity index (χ1n) is 28.6. The second-order valence-electron chi connectivity index (χ2n) is 20.5. The summed E-state index contributed by atoms with van der Waals surface area (Å²) in [7, 11) is 0. The Hall–Kier alpha value is -0.160. The number of rotatable bonds is 12. The Morgan fingerprint density at radius 3 is 0.767 bits per heavy atom. The van der Waals surface area contributed by atoms with Gasteiger partial charge in [-0.2, -0.15) is 0 Å². The Kier molecular flexibility index (Phi) is 48.1. The van der Waals surface area contributed by atoms with Crippen LogP contribution in [-0.4, -0.2) is 44.2 Å². The fourth-order valence-electron chi connectivity index (χ4n) is 10.6. The summed E-state index contributed by atoms with van der Waals surface area (Å²) in [5, 5.41) is 0. The van der Waals surface area contributed by atoms with E-state index in [0.717, 1.165) is 31.5 Å². The number of hydrogen-bond acceptors (Lipinski definition) is 4. The van der Waals surface area contributed by atoms with Gasteiger partial charge in [0.25, 0.3) is 0 Å². The van der Waals surface area contributed by atoms with Gasteiger partial charge in [0.2, 0.25) is 0 Å². The van der Waals surface area contributed by atoms with Crippen LogP contribution in [0.15, 0.2) is 0 Å². The van der Waals surface area contributed by atoms with Gasteiger partial charge in [-0.3, -0.25) is 0 Å². The SMILES string of the molecule is NCCCCC1CCCCCCCCCCCCCC1.NCCCCCC1CCCCCCCCCCCCCC1.NCCCN1CCCCCCCCCCCCCC1. The van der Waals surface area contributed by atoms with Gasteiger partial charge in [-0.05, 0) is 83.2 Å². The van der Waals surface area contributed by atoms with E-state index < -0.39 is 0 Å². The molecular weight excluding hydrogens is 729 g/mol. The molecule has 1 aliphatic heterocycles. The van der Waals surface area contributed by atoms with E-state index in [-0.39, 0.29) is 0 Å². The minimum Gasteiger partial charge on any atom is -0.330 e. The molecule has 0 bridgehead atoms. The lowest BCUT2D eigenvalue weighted by atomic mass is 9.90. The highest BCUT2D eigenvalue weighted by atomic mass is 15.1. The smallest absolute Gasteiger partial charge is 0.000672 e. The Morgan fingerprint density at radius 1 is 0.250 bits per heavy atom. The normalized spacial score (nSPS) is 22.1. The van der Waals surface area contributed by atoms with Crippen LogP contribution in [0.3, 0.4) is 0 Å². The van der Waals surface area contributed by atoms with Crippen molar-refractivity contribution < 1.29 is 0 Å². The zero-order chi connectivity index (χ0) is 42.9. The highest BCUT2D eigenvalue weighted by molar-refractivity contribution is 4.65. The maximum Gasteiger partial charge on any atom is -0.000672 e. The van der Waals surface area contributed by atoms with Crippen LogP contribution in [0.4, 0.5) is 0 Å². The van der Waals surface area contributed by atoms with Crippen molar-refractivity contribution in [3.63, 3.8) is 0 Å². The van der Waals surface area contributed by atoms with Crippen molar-refractivity contribution in [2.45, 2.75) is 308 Å². The maximum absolute atomic E-state index is 5.65. The van der Waals surface area contributed by atoms with Crippen LogP contribution in [0, 0.1) is 11.8 Å². The molecule has 0 amide bonds. The van der Waals surface area contributed by atoms with Crippen LogP contribution in [-0.2, 0) is 0 Å². The standard InChI is InChI=1S/C20H41N.C19H39N.C17H36N2/c21-19-15-11-14-18-20-16-12-9-7-5-3-1-2-4-6-8-10-13-17-20;20-18-14-13-17-19-15-11-9-7-5-3-1-2-4-6-8-10-12-16-19;18-14-13-17-19-15-11-9-7-5-3-1-2-4-6-8-10-12-16-19/h20H,1-19,21H2;19H,1-18,20H2;1-18H2. The van der Waals surface area contributed by atoms with Crippen LogP contribution in [0.5, 0.6) is 0 Å². The van der Waals surface area contributed by atoms with Gasteiger partial charge >= 0.3 is 0 Å². The molecule has 0 unspecified atom stereocenters. The van der Waals surface area contributed by atoms with Gasteiger partial charge in [0.1, 0.15) is 0 Å². The molecule has 3 aliphatic rings. The van der Waals surface area contributed by atoms with E-state index in [9.17, 15) is 0 Å². The molecular formula is C56H116N4. The van der Waals surface area contributed by atoms with Gasteiger partial charge in [0.05, 0.1) is 0 Å². The maximum atomic E-state index is 5.65. The summed E-state index contributed by atoms with van der Waals surface area (Å²) in [6, 6.07) is 0. The third-order valence-corrected chi connectivity index (χ3v) is 14.7. The van der Waals surface area contributed by atoms with Crippen LogP contribution in [0.1, 0.15) is 308 Å². The molecule has 0 spiro atoms. The van der Waals surface area contributed by atoms with E-state index >= 15 is 0 Å². The van der Waals surface area contributed by atoms with Crippen molar-refractivity contribution in [2.24, 2.45) is 29.0 Å². The van der Waals surface area contributed by atoms with E-state index in [2.05, 4.69) is 4.90 Å². The summed E-state index contributed by atoms with van der Waals surface area (Å²) in [6.07, 6.45) is 69.7. The van der Waals surface area contributed by atoms with Crippen molar-refractivity contribution >= 4 is 0 Å². The van der Waals surface area contributed by atoms with Crippen molar-refractivity contribution in [1.29, 1.82) is 0 Å². The van der Waals surface area contributed by atoms with E-state index in [1.807, 2.05) is 0 Å². The van der Waals surface area contributed by atoms with Crippen molar-refractivity contribution in [2.75, 3.05) is 39.3 Å². The lowest BCUT2D eigenvalue weighted by Gasteiger charge is -2.22. The number of nitrogens with zero attached hydrogens (tertiary/aromatic N) is 1. The molecule has 4 nitrogen and oxygen atoms in total. The Labute approximate surface area is 380 Å². The molecule has 4 heteroatoms. The monoisotopic (exact) mass is 845 g/mol. The molecule has 1 heterocycles. The van der Waals surface area contributed by atoms with Crippen molar-refractivity contribution in [1.82, 2.24) is 4.90 Å². The van der Waals surface area contributed by atoms with Crippen LogP contribution < -0.4 is 17.2 Å². The molecule has 360 valence electrons. The summed E-state index contributed by atoms with van der Waals surface area (Å²) in [5.41, 5.74) is 16.9. The predicted molar refractivity (Wildman–Crippen MR) is 272 cm³/mol. The van der Waals surface area contributed by atoms with E-state index in [4.69, 9.17) is 17.2 Å². The predicted octanol–water partition coefficient (Wildman–Crippen LogP) is 17.1. The third-order valence-electron chi connectivity index (χ3n) is 14.7. The fraction of sp³-hybridized carbons (Fsp3) is 1.00. The van der Waals surface area contributed by atoms with Crippen LogP contribution >= 0.6 is 0 Å². The molecule has 0 radical (unpaired) electrons. The molecule has 3 fully saturated rings. The van der Waals surface area contributed by atoms with Gasteiger partial charge in [-0.15, -0.1) is 0 Å². The first-order chi connectivity index (χ1) is 29.8. The minimum atomic E-state index is 0.844. The fourth-order valence-corrected chi connectivity index (χ4v) is 10.6. The summed E-state index contributed by atoms with van der Waals surface area (Å²) in [5.74, 6) is 2.03. The number of nitrogens with two attached hydrogens (primary N) is 3. The zero-order valence-corrected chi connectivity index (χ0v) is 41.5. The van der Waals surface area contributed by atoms with Gasteiger partial charge < -0.3 is 22.1 Å². The highest BCUT2D eigenvalue weighted by Crippen LogP contribution is 2.26. The minimum absolute atomic E-state index is 0.844. The second kappa shape index (κ2) is 49.8. The Balaban J connectivity index is 0.000000451. The van der Waals surface area contributed by atoms with E-state index in [0.29, 0.717) is 0 Å². The molecule has 6 N–H and O–H groups in total. The Morgan fingerprint density at radius 2 is 0.483 bits per heavy atom. The quantitative estimate of drug-likeness (QED) is 0.171. The molecule has 60 heavy (non-hydrogen) atoms. The first kappa shape index (κ1) is 57.9. The Bertz CT molecular complexity index is 726. The summed E-state index contributed by atoms with van der Waals surface area (Å²) < 4.78 is 0. The van der Waals surface area contributed by atoms with E-state index in [1.54, 1.807) is 0 Å². The lowest BCUT2D eigenvalue weighted by molar-refractivity contribution is 0.259. The molecule has 3 rings (SSSR count). The molecule has 0 aromatic heterocycles. The topological polar surface area (TPSA) is 81.3 Å². The largest absolute Gasteiger partial charge is 0.330 e. The first-order valence-corrected chi connectivity index (χ1v) is 28.6. The molecule has 0 atom stereocenters. The number of hydrogen-bond donors (Lipinski definition) is 3. The zero-order valence-electron chi connectivity index (χ0n) is 41.5. The number of unbranched alkanes of at least 4 members (excludes halogenated alkanes) is 3. The lowest BCUT2D eigenvalue weighted by Crippen LogP contribution is -2.28. The summed E-state index contributed by atoms with van der Waals surface area (Å²) in [6.45, 7) is 6.43. The summed E-state index contributed by atoms with van der Waals surface area (Å²) >= 11 is 0. The van der Waals surface area contributed by atoms with Crippen molar-refractivity contribution in [3.05, 3.63) is 0 Å². The van der Waals surface area contributed by atoms with Gasteiger partial charge in [0.15, 0.2) is 0 Å². The third kappa shape index (κ3) is 43.1.